The molecule has 0 radical (unpaired) electrons. The van der Waals surface area contributed by atoms with E-state index in [4.69, 9.17) is 0 Å². The van der Waals surface area contributed by atoms with Gasteiger partial charge in [0.15, 0.2) is 0 Å². The first-order chi connectivity index (χ1) is 14.7. The van der Waals surface area contributed by atoms with Crippen molar-refractivity contribution >= 4 is 32.5 Å². The van der Waals surface area contributed by atoms with Crippen LogP contribution in [-0.4, -0.2) is 36.7 Å². The first-order valence-corrected chi connectivity index (χ1v) is 11.7. The quantitative estimate of drug-likeness (QED) is 0.584. The molecule has 0 saturated carbocycles. The van der Waals surface area contributed by atoms with E-state index in [2.05, 4.69) is 10.3 Å². The summed E-state index contributed by atoms with van der Waals surface area (Å²) >= 11 is 0. The van der Waals surface area contributed by atoms with Gasteiger partial charge >= 0.3 is 0 Å². The number of carbonyl (C=O) groups is 1. The molecule has 0 saturated heterocycles. The predicted octanol–water partition coefficient (Wildman–Crippen LogP) is 3.68. The van der Waals surface area contributed by atoms with Gasteiger partial charge in [-0.3, -0.25) is 9.59 Å². The van der Waals surface area contributed by atoms with Crippen molar-refractivity contribution in [3.05, 3.63) is 69.5 Å². The van der Waals surface area contributed by atoms with Crippen LogP contribution in [0.15, 0.2) is 52.2 Å². The fourth-order valence-electron chi connectivity index (χ4n) is 3.70. The van der Waals surface area contributed by atoms with E-state index in [1.165, 1.54) is 28.6 Å². The van der Waals surface area contributed by atoms with Crippen LogP contribution in [-0.2, 0) is 16.4 Å². The Morgan fingerprint density at radius 3 is 2.26 bits per heavy atom. The van der Waals surface area contributed by atoms with Gasteiger partial charge in [0.2, 0.25) is 10.0 Å². The van der Waals surface area contributed by atoms with Gasteiger partial charge < -0.3 is 10.3 Å². The molecule has 2 N–H and O–H groups in total. The van der Waals surface area contributed by atoms with Gasteiger partial charge in [0, 0.05) is 35.3 Å². The maximum absolute atomic E-state index is 12.6. The molecule has 1 amide bonds. The highest BCUT2D eigenvalue weighted by atomic mass is 32.2. The molecule has 2 aromatic carbocycles. The second-order valence-electron chi connectivity index (χ2n) is 7.24. The third kappa shape index (κ3) is 4.40. The second-order valence-corrected chi connectivity index (χ2v) is 9.18. The average molecular weight is 442 g/mol. The van der Waals surface area contributed by atoms with Crippen molar-refractivity contribution in [2.75, 3.05) is 18.4 Å². The molecule has 164 valence electrons. The van der Waals surface area contributed by atoms with E-state index < -0.39 is 10.0 Å². The predicted molar refractivity (Wildman–Crippen MR) is 123 cm³/mol. The lowest BCUT2D eigenvalue weighted by Crippen LogP contribution is -2.30. The van der Waals surface area contributed by atoms with Gasteiger partial charge in [-0.15, -0.1) is 0 Å². The number of anilines is 1. The largest absolute Gasteiger partial charge is 0.322 e. The summed E-state index contributed by atoms with van der Waals surface area (Å²) in [5.74, 6) is -0.365. The van der Waals surface area contributed by atoms with Crippen LogP contribution in [0, 0.1) is 6.92 Å². The molecule has 0 unspecified atom stereocenters. The Labute approximate surface area is 182 Å². The summed E-state index contributed by atoms with van der Waals surface area (Å²) in [6, 6.07) is 11.2. The smallest absolute Gasteiger partial charge is 0.255 e. The minimum absolute atomic E-state index is 0.124. The number of nitrogens with one attached hydrogen (secondary N) is 2. The second kappa shape index (κ2) is 9.03. The Hall–Kier alpha value is -2.97. The molecule has 8 heteroatoms. The molecule has 0 atom stereocenters. The van der Waals surface area contributed by atoms with E-state index in [-0.39, 0.29) is 16.4 Å². The maximum atomic E-state index is 12.6. The summed E-state index contributed by atoms with van der Waals surface area (Å²) in [5, 5.41) is 3.73. The third-order valence-electron chi connectivity index (χ3n) is 5.47. The van der Waals surface area contributed by atoms with Crippen molar-refractivity contribution < 1.29 is 13.2 Å². The molecule has 0 bridgehead atoms. The molecule has 0 aliphatic rings. The van der Waals surface area contributed by atoms with Gasteiger partial charge in [0.25, 0.3) is 11.5 Å². The van der Waals surface area contributed by atoms with Gasteiger partial charge in [-0.25, -0.2) is 8.42 Å². The Morgan fingerprint density at radius 1 is 1.03 bits per heavy atom. The molecule has 0 fully saturated rings. The summed E-state index contributed by atoms with van der Waals surface area (Å²) in [6.07, 6.45) is 0.648. The minimum atomic E-state index is -3.57. The lowest BCUT2D eigenvalue weighted by molar-refractivity contribution is 0.102. The number of hydrogen-bond acceptors (Lipinski definition) is 4. The monoisotopic (exact) mass is 441 g/mol. The zero-order valence-corrected chi connectivity index (χ0v) is 19.0. The van der Waals surface area contributed by atoms with Crippen molar-refractivity contribution in [2.45, 2.75) is 39.0 Å². The van der Waals surface area contributed by atoms with Crippen LogP contribution in [0.4, 0.5) is 5.69 Å². The van der Waals surface area contributed by atoms with Gasteiger partial charge in [-0.2, -0.15) is 4.31 Å². The Balaban J connectivity index is 1.85. The number of aryl methyl sites for hydroxylation is 1. The van der Waals surface area contributed by atoms with Crippen LogP contribution in [0.25, 0.3) is 10.9 Å². The Bertz CT molecular complexity index is 1270. The number of aromatic nitrogens is 1. The van der Waals surface area contributed by atoms with Gasteiger partial charge in [-0.05, 0) is 55.3 Å². The van der Waals surface area contributed by atoms with E-state index in [0.29, 0.717) is 36.3 Å². The molecule has 1 heterocycles. The summed E-state index contributed by atoms with van der Waals surface area (Å²) in [6.45, 7) is 8.18. The number of carbonyl (C=O) groups excluding carboxylic acids is 1. The maximum Gasteiger partial charge on any atom is 0.255 e. The zero-order chi connectivity index (χ0) is 22.8. The number of hydrogen-bond donors (Lipinski definition) is 2. The fourth-order valence-corrected chi connectivity index (χ4v) is 5.16. The lowest BCUT2D eigenvalue weighted by Gasteiger charge is -2.18. The number of rotatable bonds is 7. The van der Waals surface area contributed by atoms with Crippen molar-refractivity contribution in [2.24, 2.45) is 0 Å². The first kappa shape index (κ1) is 22.7. The summed E-state index contributed by atoms with van der Waals surface area (Å²) in [7, 11) is -3.57. The Kier molecular flexibility index (Phi) is 6.62. The lowest BCUT2D eigenvalue weighted by atomic mass is 10.0. The number of benzene rings is 2. The normalized spacial score (nSPS) is 11.8. The van der Waals surface area contributed by atoms with Crippen LogP contribution < -0.4 is 10.9 Å². The van der Waals surface area contributed by atoms with Gasteiger partial charge in [-0.1, -0.05) is 26.8 Å². The highest BCUT2D eigenvalue weighted by Gasteiger charge is 2.21. The number of aromatic amines is 1. The van der Waals surface area contributed by atoms with E-state index in [0.717, 1.165) is 16.5 Å². The number of fused-ring (bicyclic) bond motifs is 1. The van der Waals surface area contributed by atoms with E-state index in [1.54, 1.807) is 26.0 Å². The van der Waals surface area contributed by atoms with Crippen LogP contribution >= 0.6 is 0 Å². The van der Waals surface area contributed by atoms with E-state index in [9.17, 15) is 18.0 Å². The number of pyridine rings is 1. The summed E-state index contributed by atoms with van der Waals surface area (Å²) in [4.78, 5) is 27.9. The van der Waals surface area contributed by atoms with E-state index >= 15 is 0 Å². The third-order valence-corrected chi connectivity index (χ3v) is 7.53. The number of H-pyrrole nitrogens is 1. The van der Waals surface area contributed by atoms with Crippen LogP contribution in [0.1, 0.15) is 42.3 Å². The van der Waals surface area contributed by atoms with Crippen LogP contribution in [0.2, 0.25) is 0 Å². The molecular weight excluding hydrogens is 414 g/mol. The highest BCUT2D eigenvalue weighted by molar-refractivity contribution is 7.89. The van der Waals surface area contributed by atoms with Gasteiger partial charge in [0.05, 0.1) is 10.4 Å². The number of amides is 1. The summed E-state index contributed by atoms with van der Waals surface area (Å²) < 4.78 is 26.5. The number of nitrogens with zero attached hydrogens (tertiary/aromatic N) is 1. The van der Waals surface area contributed by atoms with Gasteiger partial charge in [0.1, 0.15) is 0 Å². The molecule has 0 aliphatic carbocycles. The molecule has 3 rings (SSSR count). The minimum Gasteiger partial charge on any atom is -0.322 e. The van der Waals surface area contributed by atoms with Crippen LogP contribution in [0.5, 0.6) is 0 Å². The molecule has 0 aliphatic heterocycles. The van der Waals surface area contributed by atoms with Crippen molar-refractivity contribution in [1.29, 1.82) is 0 Å². The van der Waals surface area contributed by atoms with Crippen molar-refractivity contribution in [3.63, 3.8) is 0 Å². The molecular formula is C23H27N3O4S. The molecule has 7 nitrogen and oxygen atoms in total. The summed E-state index contributed by atoms with van der Waals surface area (Å²) in [5.41, 5.74) is 3.09. The first-order valence-electron chi connectivity index (χ1n) is 10.3. The van der Waals surface area contributed by atoms with Crippen molar-refractivity contribution in [3.8, 4) is 0 Å². The Morgan fingerprint density at radius 2 is 1.68 bits per heavy atom. The highest BCUT2D eigenvalue weighted by Crippen LogP contribution is 2.22. The van der Waals surface area contributed by atoms with Crippen LogP contribution in [0.3, 0.4) is 0 Å². The molecule has 1 aromatic heterocycles. The van der Waals surface area contributed by atoms with E-state index in [1.807, 2.05) is 19.9 Å². The molecule has 3 aromatic rings. The average Bonchev–Trinajstić information content (AvgIpc) is 2.74. The number of sulfonamides is 1. The zero-order valence-electron chi connectivity index (χ0n) is 18.2. The SMILES string of the molecule is CCc1c(C)c2ccc(NC(=O)c3ccc(S(=O)(=O)N(CC)CC)cc3)cc2[nH]c1=O. The standard InChI is InChI=1S/C23H27N3O4S/c1-5-19-15(4)20-13-10-17(14-21(20)25-23(19)28)24-22(27)16-8-11-18(12-9-16)31(29,30)26(6-2)7-3/h8-14H,5-7H2,1-4H3,(H,24,27)(H,25,28). The molecule has 31 heavy (non-hydrogen) atoms. The van der Waals surface area contributed by atoms with Crippen molar-refractivity contribution in [1.82, 2.24) is 9.29 Å². The topological polar surface area (TPSA) is 99.3 Å². The molecule has 0 spiro atoms. The fraction of sp³-hybridized carbons (Fsp3) is 0.304.